The number of hydrogen-bond acceptors (Lipinski definition) is 8. The highest BCUT2D eigenvalue weighted by atomic mass is 28.4. The smallest absolute Gasteiger partial charge is 0.192 e. The Morgan fingerprint density at radius 2 is 1.37 bits per heavy atom. The molecule has 0 radical (unpaired) electrons. The van der Waals surface area contributed by atoms with Gasteiger partial charge in [0.2, 0.25) is 0 Å². The van der Waals surface area contributed by atoms with Crippen LogP contribution < -0.4 is 4.74 Å². The molecule has 0 unspecified atom stereocenters. The van der Waals surface area contributed by atoms with Crippen LogP contribution in [0.15, 0.2) is 41.1 Å². The second kappa shape index (κ2) is 19.4. The summed E-state index contributed by atoms with van der Waals surface area (Å²) in [5.74, 6) is 0.242. The molecule has 0 aliphatic carbocycles. The molecule has 0 fully saturated rings. The van der Waals surface area contributed by atoms with Crippen molar-refractivity contribution in [2.24, 2.45) is 22.9 Å². The third kappa shape index (κ3) is 13.7. The maximum atomic E-state index is 13.0. The van der Waals surface area contributed by atoms with Crippen LogP contribution in [0.1, 0.15) is 101 Å². The summed E-state index contributed by atoms with van der Waals surface area (Å²) < 4.78 is 32.9. The van der Waals surface area contributed by atoms with Crippen LogP contribution in [0.3, 0.4) is 0 Å². The molecule has 1 aromatic carbocycles. The van der Waals surface area contributed by atoms with Crippen LogP contribution in [0.5, 0.6) is 5.75 Å². The Morgan fingerprint density at radius 3 is 1.83 bits per heavy atom. The minimum atomic E-state index is -2.35. The Kier molecular flexibility index (Phi) is 17.6. The molecule has 8 nitrogen and oxygen atoms in total. The van der Waals surface area contributed by atoms with Crippen molar-refractivity contribution in [2.45, 2.75) is 175 Å². The molecular formula is C43H81NO7Si3. The lowest BCUT2D eigenvalue weighted by molar-refractivity contribution is -0.0846. The molecular weight excluding hydrogens is 727 g/mol. The zero-order valence-corrected chi connectivity index (χ0v) is 40.9. The van der Waals surface area contributed by atoms with Crippen molar-refractivity contribution in [1.29, 1.82) is 0 Å². The molecule has 0 aromatic heterocycles. The van der Waals surface area contributed by atoms with Crippen molar-refractivity contribution in [1.82, 2.24) is 0 Å². The molecule has 2 rings (SSSR count). The van der Waals surface area contributed by atoms with Gasteiger partial charge in [-0.15, -0.1) is 0 Å². The van der Waals surface area contributed by atoms with Gasteiger partial charge < -0.3 is 32.7 Å². The molecule has 6 atom stereocenters. The van der Waals surface area contributed by atoms with E-state index in [9.17, 15) is 5.11 Å². The number of benzene rings is 1. The fourth-order valence-electron chi connectivity index (χ4n) is 5.73. The zero-order valence-electron chi connectivity index (χ0n) is 37.9. The van der Waals surface area contributed by atoms with Crippen LogP contribution >= 0.6 is 0 Å². The van der Waals surface area contributed by atoms with E-state index >= 15 is 0 Å². The van der Waals surface area contributed by atoms with E-state index in [1.165, 1.54) is 0 Å². The molecule has 1 aromatic rings. The van der Waals surface area contributed by atoms with E-state index in [1.807, 2.05) is 24.3 Å². The highest BCUT2D eigenvalue weighted by molar-refractivity contribution is 6.75. The Morgan fingerprint density at radius 1 is 0.852 bits per heavy atom. The Balaban J connectivity index is 2.63. The van der Waals surface area contributed by atoms with Crippen LogP contribution in [0.25, 0.3) is 0 Å². The SMILES string of the molecule is CCC1=NO[C@H]([C@@H](CO[Si](C)(C)C(C)(C)C)[C@@H](O)[C@H](CO[Si](C)(C)C(C)(C)C)[C@H](O[Si](C)(C)C(C)(C)C)/C(C)=C/[C@@H](C)COCc2ccc(OC)cc2)C1. The highest BCUT2D eigenvalue weighted by Crippen LogP contribution is 2.43. The van der Waals surface area contributed by atoms with Gasteiger partial charge >= 0.3 is 0 Å². The van der Waals surface area contributed by atoms with Crippen molar-refractivity contribution < 1.29 is 32.7 Å². The molecule has 1 aliphatic rings. The maximum Gasteiger partial charge on any atom is 0.192 e. The van der Waals surface area contributed by atoms with Gasteiger partial charge in [0, 0.05) is 31.5 Å². The second-order valence-electron chi connectivity index (χ2n) is 20.4. The summed E-state index contributed by atoms with van der Waals surface area (Å²) in [6.07, 6.45) is 2.26. The number of aliphatic hydroxyl groups excluding tert-OH is 1. The molecule has 11 heteroatoms. The van der Waals surface area contributed by atoms with Crippen LogP contribution in [0, 0.1) is 17.8 Å². The summed E-state index contributed by atoms with van der Waals surface area (Å²) >= 11 is 0. The van der Waals surface area contributed by atoms with Crippen molar-refractivity contribution in [3.05, 3.63) is 41.5 Å². The topological polar surface area (TPSA) is 88.0 Å². The predicted molar refractivity (Wildman–Crippen MR) is 234 cm³/mol. The summed E-state index contributed by atoms with van der Waals surface area (Å²) in [4.78, 5) is 6.16. The van der Waals surface area contributed by atoms with E-state index in [0.717, 1.165) is 29.0 Å². The number of nitrogens with zero attached hydrogens (tertiary/aromatic N) is 1. The Bertz CT molecular complexity index is 1360. The van der Waals surface area contributed by atoms with Gasteiger partial charge in [0.25, 0.3) is 0 Å². The summed E-state index contributed by atoms with van der Waals surface area (Å²) in [6.45, 7) is 42.4. The van der Waals surface area contributed by atoms with Gasteiger partial charge in [-0.25, -0.2) is 0 Å². The van der Waals surface area contributed by atoms with Gasteiger partial charge in [-0.2, -0.15) is 0 Å². The fourth-order valence-corrected chi connectivity index (χ4v) is 9.16. The fraction of sp³-hybridized carbons (Fsp3) is 0.791. The minimum Gasteiger partial charge on any atom is -0.497 e. The normalized spacial score (nSPS) is 19.5. The quantitative estimate of drug-likeness (QED) is 0.104. The molecule has 0 spiro atoms. The van der Waals surface area contributed by atoms with E-state index < -0.39 is 37.2 Å². The number of rotatable bonds is 20. The molecule has 54 heavy (non-hydrogen) atoms. The summed E-state index contributed by atoms with van der Waals surface area (Å²) in [5, 5.41) is 17.4. The lowest BCUT2D eigenvalue weighted by Gasteiger charge is -2.46. The van der Waals surface area contributed by atoms with Crippen LogP contribution in [-0.4, -0.2) is 81.0 Å². The first-order valence-corrected chi connectivity index (χ1v) is 29.0. The van der Waals surface area contributed by atoms with Crippen LogP contribution in [0.4, 0.5) is 0 Å². The second-order valence-corrected chi connectivity index (χ2v) is 34.7. The van der Waals surface area contributed by atoms with Crippen molar-refractivity contribution >= 4 is 30.7 Å². The first-order chi connectivity index (χ1) is 24.6. The monoisotopic (exact) mass is 808 g/mol. The molecule has 0 bridgehead atoms. The predicted octanol–water partition coefficient (Wildman–Crippen LogP) is 11.4. The number of hydrogen-bond donors (Lipinski definition) is 1. The number of methoxy groups -OCH3 is 1. The van der Waals surface area contributed by atoms with Crippen LogP contribution in [0.2, 0.25) is 54.4 Å². The molecule has 312 valence electrons. The first-order valence-electron chi connectivity index (χ1n) is 20.3. The minimum absolute atomic E-state index is 0.00217. The third-order valence-electron chi connectivity index (χ3n) is 12.8. The van der Waals surface area contributed by atoms with E-state index in [0.29, 0.717) is 32.8 Å². The number of oxime groups is 1. The highest BCUT2D eigenvalue weighted by Gasteiger charge is 2.48. The zero-order chi connectivity index (χ0) is 41.5. The summed E-state index contributed by atoms with van der Waals surface area (Å²) in [6, 6.07) is 8.00. The lowest BCUT2D eigenvalue weighted by Crippen LogP contribution is -2.54. The van der Waals surface area contributed by atoms with Crippen molar-refractivity contribution in [3.63, 3.8) is 0 Å². The average molecular weight is 808 g/mol. The van der Waals surface area contributed by atoms with Gasteiger partial charge in [-0.3, -0.25) is 0 Å². The van der Waals surface area contributed by atoms with Crippen molar-refractivity contribution in [3.8, 4) is 5.75 Å². The average Bonchev–Trinajstić information content (AvgIpc) is 3.52. The number of aliphatic hydroxyl groups is 1. The third-order valence-corrected chi connectivity index (χ3v) is 26.3. The summed E-state index contributed by atoms with van der Waals surface area (Å²) in [7, 11) is -5.05. The largest absolute Gasteiger partial charge is 0.497 e. The van der Waals surface area contributed by atoms with E-state index in [4.69, 9.17) is 27.6 Å². The van der Waals surface area contributed by atoms with Gasteiger partial charge in [0.1, 0.15) is 11.9 Å². The molecule has 1 aliphatic heterocycles. The van der Waals surface area contributed by atoms with E-state index in [-0.39, 0.29) is 39.0 Å². The van der Waals surface area contributed by atoms with Gasteiger partial charge in [-0.05, 0) is 96.9 Å². The molecule has 0 amide bonds. The van der Waals surface area contributed by atoms with Gasteiger partial charge in [-0.1, -0.05) is 99.5 Å². The molecule has 0 saturated carbocycles. The van der Waals surface area contributed by atoms with Gasteiger partial charge in [0.15, 0.2) is 25.0 Å². The van der Waals surface area contributed by atoms with Gasteiger partial charge in [0.05, 0.1) is 38.2 Å². The van der Waals surface area contributed by atoms with Crippen LogP contribution in [-0.2, 0) is 29.5 Å². The first kappa shape index (κ1) is 48.8. The Hall–Kier alpha value is -1.32. The maximum absolute atomic E-state index is 13.0. The Labute approximate surface area is 334 Å². The molecule has 1 heterocycles. The molecule has 1 N–H and O–H groups in total. The molecule has 0 saturated heterocycles. The summed E-state index contributed by atoms with van der Waals surface area (Å²) in [5.41, 5.74) is 3.21. The van der Waals surface area contributed by atoms with Crippen molar-refractivity contribution in [2.75, 3.05) is 26.9 Å². The van der Waals surface area contributed by atoms with E-state index in [1.54, 1.807) is 7.11 Å². The number of ether oxygens (including phenoxy) is 2. The van der Waals surface area contributed by atoms with E-state index in [2.05, 4.69) is 134 Å². The lowest BCUT2D eigenvalue weighted by atomic mass is 9.81. The standard InChI is InChI=1S/C43H81NO7Si3/c1-20-34-26-38(50-44-34)36(29-48-52(14,15)41(4,5)6)39(45)37(30-49-53(16,17)42(7,8)9)40(51-54(18,19)43(10,11)12)32(3)25-31(2)27-47-28-33-21-23-35(46-13)24-22-33/h21-25,31,36-40,45H,20,26-30H2,1-19H3/b32-25+/t31-,36-,37+,38+,39-,40-/m1/s1.